The standard InChI is InChI=1S/C20H20O3S/c1-3-14-8-9-17-16(11-20(21)23-19(17)10-14)13-24-12-15-6-4-5-7-18(15)22-2/h4-11H,3,12-13H2,1-2H3. The second-order valence-corrected chi connectivity index (χ2v) is 6.56. The van der Waals surface area contributed by atoms with Crippen molar-refractivity contribution in [1.82, 2.24) is 0 Å². The van der Waals surface area contributed by atoms with Gasteiger partial charge in [-0.2, -0.15) is 11.8 Å². The minimum absolute atomic E-state index is 0.288. The van der Waals surface area contributed by atoms with Crippen LogP contribution < -0.4 is 10.4 Å². The van der Waals surface area contributed by atoms with Crippen LogP contribution in [0.3, 0.4) is 0 Å². The molecule has 3 nitrogen and oxygen atoms in total. The van der Waals surface area contributed by atoms with Crippen LogP contribution in [-0.2, 0) is 17.9 Å². The Labute approximate surface area is 145 Å². The maximum absolute atomic E-state index is 11.8. The minimum Gasteiger partial charge on any atom is -0.496 e. The Morgan fingerprint density at radius 2 is 1.83 bits per heavy atom. The largest absolute Gasteiger partial charge is 0.496 e. The van der Waals surface area contributed by atoms with Gasteiger partial charge in [0.2, 0.25) is 0 Å². The van der Waals surface area contributed by atoms with Gasteiger partial charge in [0.05, 0.1) is 7.11 Å². The summed E-state index contributed by atoms with van der Waals surface area (Å²) in [5, 5.41) is 1.01. The lowest BCUT2D eigenvalue weighted by Gasteiger charge is -2.09. The van der Waals surface area contributed by atoms with Crippen LogP contribution in [0.5, 0.6) is 5.75 Å². The first-order valence-electron chi connectivity index (χ1n) is 7.96. The summed E-state index contributed by atoms with van der Waals surface area (Å²) in [4.78, 5) is 11.8. The molecule has 0 unspecified atom stereocenters. The summed E-state index contributed by atoms with van der Waals surface area (Å²) < 4.78 is 10.7. The summed E-state index contributed by atoms with van der Waals surface area (Å²) in [5.41, 5.74) is 3.73. The van der Waals surface area contributed by atoms with E-state index in [9.17, 15) is 4.79 Å². The van der Waals surface area contributed by atoms with E-state index in [4.69, 9.17) is 9.15 Å². The Morgan fingerprint density at radius 3 is 2.62 bits per heavy atom. The van der Waals surface area contributed by atoms with Gasteiger partial charge in [0.1, 0.15) is 11.3 Å². The zero-order chi connectivity index (χ0) is 16.9. The number of rotatable bonds is 6. The molecule has 0 spiro atoms. The number of benzene rings is 2. The van der Waals surface area contributed by atoms with E-state index in [2.05, 4.69) is 25.1 Å². The van der Waals surface area contributed by atoms with Gasteiger partial charge < -0.3 is 9.15 Å². The molecule has 0 bridgehead atoms. The summed E-state index contributed by atoms with van der Waals surface area (Å²) in [6.45, 7) is 2.09. The quantitative estimate of drug-likeness (QED) is 0.604. The number of methoxy groups -OCH3 is 1. The Morgan fingerprint density at radius 1 is 1.04 bits per heavy atom. The van der Waals surface area contributed by atoms with Crippen LogP contribution in [0.25, 0.3) is 11.0 Å². The van der Waals surface area contributed by atoms with Crippen molar-refractivity contribution in [2.75, 3.05) is 7.11 Å². The van der Waals surface area contributed by atoms with Crippen molar-refractivity contribution in [2.45, 2.75) is 24.9 Å². The number of ether oxygens (including phenoxy) is 1. The topological polar surface area (TPSA) is 39.4 Å². The van der Waals surface area contributed by atoms with Gasteiger partial charge in [0.25, 0.3) is 0 Å². The molecule has 0 atom stereocenters. The van der Waals surface area contributed by atoms with Crippen LogP contribution in [0.2, 0.25) is 0 Å². The fourth-order valence-corrected chi connectivity index (χ4v) is 3.73. The third-order valence-corrected chi connectivity index (χ3v) is 5.04. The van der Waals surface area contributed by atoms with Crippen molar-refractivity contribution in [3.8, 4) is 5.75 Å². The molecule has 1 aromatic heterocycles. The summed E-state index contributed by atoms with van der Waals surface area (Å²) in [7, 11) is 1.69. The van der Waals surface area contributed by atoms with Gasteiger partial charge in [-0.05, 0) is 29.7 Å². The number of hydrogen-bond donors (Lipinski definition) is 0. The van der Waals surface area contributed by atoms with E-state index >= 15 is 0 Å². The second-order valence-electron chi connectivity index (χ2n) is 5.58. The second kappa shape index (κ2) is 7.58. The van der Waals surface area contributed by atoms with Gasteiger partial charge in [-0.3, -0.25) is 0 Å². The molecular formula is C20H20O3S. The van der Waals surface area contributed by atoms with Gasteiger partial charge in [0, 0.05) is 28.5 Å². The van der Waals surface area contributed by atoms with E-state index in [0.717, 1.165) is 40.2 Å². The van der Waals surface area contributed by atoms with E-state index < -0.39 is 0 Å². The molecule has 0 fully saturated rings. The summed E-state index contributed by atoms with van der Waals surface area (Å²) in [6.07, 6.45) is 0.923. The van der Waals surface area contributed by atoms with Crippen molar-refractivity contribution < 1.29 is 9.15 Å². The first-order valence-corrected chi connectivity index (χ1v) is 9.12. The molecule has 24 heavy (non-hydrogen) atoms. The smallest absolute Gasteiger partial charge is 0.336 e. The van der Waals surface area contributed by atoms with Crippen molar-refractivity contribution in [3.05, 3.63) is 75.6 Å². The third-order valence-electron chi connectivity index (χ3n) is 4.01. The predicted octanol–water partition coefficient (Wildman–Crippen LogP) is 4.80. The summed E-state index contributed by atoms with van der Waals surface area (Å²) in [6, 6.07) is 15.7. The van der Waals surface area contributed by atoms with E-state index in [1.54, 1.807) is 24.9 Å². The first kappa shape index (κ1) is 16.7. The summed E-state index contributed by atoms with van der Waals surface area (Å²) >= 11 is 1.76. The third kappa shape index (κ3) is 3.65. The Hall–Kier alpha value is -2.20. The van der Waals surface area contributed by atoms with Crippen LogP contribution in [0.4, 0.5) is 0 Å². The molecule has 0 radical (unpaired) electrons. The molecule has 0 aliphatic carbocycles. The molecule has 0 N–H and O–H groups in total. The lowest BCUT2D eigenvalue weighted by molar-refractivity contribution is 0.411. The number of para-hydroxylation sites is 1. The zero-order valence-corrected chi connectivity index (χ0v) is 14.7. The number of thioether (sulfide) groups is 1. The molecule has 4 heteroatoms. The molecule has 124 valence electrons. The van der Waals surface area contributed by atoms with Crippen molar-refractivity contribution in [3.63, 3.8) is 0 Å². The predicted molar refractivity (Wildman–Crippen MR) is 99.9 cm³/mol. The van der Waals surface area contributed by atoms with Crippen LogP contribution >= 0.6 is 11.8 Å². The lowest BCUT2D eigenvalue weighted by Crippen LogP contribution is -2.00. The molecule has 3 rings (SSSR count). The fourth-order valence-electron chi connectivity index (χ4n) is 2.71. The molecule has 0 saturated heterocycles. The van der Waals surface area contributed by atoms with E-state index in [-0.39, 0.29) is 5.63 Å². The highest BCUT2D eigenvalue weighted by atomic mass is 32.2. The maximum Gasteiger partial charge on any atom is 0.336 e. The fraction of sp³-hybridized carbons (Fsp3) is 0.250. The van der Waals surface area contributed by atoms with Crippen LogP contribution in [0.15, 0.2) is 57.7 Å². The average Bonchev–Trinajstić information content (AvgIpc) is 2.61. The molecule has 0 amide bonds. The average molecular weight is 340 g/mol. The highest BCUT2D eigenvalue weighted by Gasteiger charge is 2.08. The van der Waals surface area contributed by atoms with Crippen LogP contribution in [-0.4, -0.2) is 7.11 Å². The number of hydrogen-bond acceptors (Lipinski definition) is 4. The van der Waals surface area contributed by atoms with Gasteiger partial charge in [-0.25, -0.2) is 4.79 Å². The Bertz CT molecular complexity index is 899. The van der Waals surface area contributed by atoms with Gasteiger partial charge in [0.15, 0.2) is 0 Å². The first-order chi connectivity index (χ1) is 11.7. The highest BCUT2D eigenvalue weighted by Crippen LogP contribution is 2.27. The van der Waals surface area contributed by atoms with E-state index in [1.165, 1.54) is 5.56 Å². The van der Waals surface area contributed by atoms with Crippen LogP contribution in [0.1, 0.15) is 23.6 Å². The SMILES string of the molecule is CCc1ccc2c(CSCc3ccccc3OC)cc(=O)oc2c1. The molecule has 0 aliphatic rings. The summed E-state index contributed by atoms with van der Waals surface area (Å²) in [5.74, 6) is 2.49. The van der Waals surface area contributed by atoms with E-state index in [1.807, 2.05) is 24.3 Å². The Kier molecular flexibility index (Phi) is 5.26. The van der Waals surface area contributed by atoms with Gasteiger partial charge >= 0.3 is 5.63 Å². The zero-order valence-electron chi connectivity index (χ0n) is 13.9. The monoisotopic (exact) mass is 340 g/mol. The molecule has 3 aromatic rings. The molecule has 0 saturated carbocycles. The molecule has 0 aliphatic heterocycles. The normalized spacial score (nSPS) is 10.9. The molecule has 1 heterocycles. The maximum atomic E-state index is 11.8. The molecular weight excluding hydrogens is 320 g/mol. The minimum atomic E-state index is -0.288. The highest BCUT2D eigenvalue weighted by molar-refractivity contribution is 7.97. The van der Waals surface area contributed by atoms with Gasteiger partial charge in [-0.1, -0.05) is 37.3 Å². The van der Waals surface area contributed by atoms with Crippen LogP contribution in [0, 0.1) is 0 Å². The van der Waals surface area contributed by atoms with Crippen molar-refractivity contribution >= 4 is 22.7 Å². The van der Waals surface area contributed by atoms with Gasteiger partial charge in [-0.15, -0.1) is 0 Å². The van der Waals surface area contributed by atoms with Crippen molar-refractivity contribution in [1.29, 1.82) is 0 Å². The number of fused-ring (bicyclic) bond motifs is 1. The lowest BCUT2D eigenvalue weighted by atomic mass is 10.1. The van der Waals surface area contributed by atoms with Crippen molar-refractivity contribution in [2.24, 2.45) is 0 Å². The van der Waals surface area contributed by atoms with E-state index in [0.29, 0.717) is 5.58 Å². The molecule has 2 aromatic carbocycles. The number of aryl methyl sites for hydroxylation is 1. The Balaban J connectivity index is 1.81.